The molecule has 31 nitrogen and oxygen atoms in total. The second-order valence-corrected chi connectivity index (χ2v) is 30.5. The average molecular weight is 1590 g/mol. The molecule has 2 aliphatic carbocycles. The van der Waals surface area contributed by atoms with Crippen LogP contribution < -0.4 is 106 Å². The summed E-state index contributed by atoms with van der Waals surface area (Å²) in [6.45, 7) is 28.9. The molecular weight excluding hydrogens is 1470 g/mol. The van der Waals surface area contributed by atoms with E-state index in [2.05, 4.69) is 247 Å². The Morgan fingerprint density at radius 1 is 0.299 bits per heavy atom. The topological polar surface area (TPSA) is 434 Å². The van der Waals surface area contributed by atoms with Crippen molar-refractivity contribution in [2.24, 2.45) is 5.92 Å². The molecule has 2 saturated carbocycles. The number of anilines is 20. The van der Waals surface area contributed by atoms with E-state index in [0.29, 0.717) is 35.0 Å². The molecule has 5 aliphatic heterocycles. The Morgan fingerprint density at radius 2 is 0.598 bits per heavy atom. The molecule has 4 aromatic carbocycles. The smallest absolute Gasteiger partial charge is 0.222 e. The highest BCUT2D eigenvalue weighted by atomic mass is 15.3. The van der Waals surface area contributed by atoms with Crippen molar-refractivity contribution in [3.8, 4) is 0 Å². The number of hydrogen-bond acceptors (Lipinski definition) is 31. The Labute approximate surface area is 689 Å². The molecule has 31 heteroatoms. The van der Waals surface area contributed by atoms with Gasteiger partial charge in [0.25, 0.3) is 0 Å². The van der Waals surface area contributed by atoms with Gasteiger partial charge in [-0.15, -0.1) is 0 Å². The molecule has 117 heavy (non-hydrogen) atoms. The molecule has 7 fully saturated rings. The van der Waals surface area contributed by atoms with E-state index in [1.165, 1.54) is 59.6 Å². The number of rotatable bonds is 17. The van der Waals surface area contributed by atoms with Gasteiger partial charge in [-0.25, -0.2) is 29.9 Å². The number of benzene rings is 4. The van der Waals surface area contributed by atoms with E-state index >= 15 is 0 Å². The fourth-order valence-electron chi connectivity index (χ4n) is 15.9. The fourth-order valence-corrected chi connectivity index (χ4v) is 15.9. The number of piperazine rings is 5. The number of aryl methyl sites for hydroxylation is 5. The lowest BCUT2D eigenvalue weighted by Crippen LogP contribution is -2.47. The molecular formula is C86H121N31. The predicted octanol–water partition coefficient (Wildman–Crippen LogP) is 9.39. The Bertz CT molecular complexity index is 4680. The van der Waals surface area contributed by atoms with Crippen LogP contribution in [-0.2, 0) is 25.7 Å². The average Bonchev–Trinajstić information content (AvgIpc) is 1.51. The molecule has 6 aromatic heterocycles. The summed E-state index contributed by atoms with van der Waals surface area (Å²) in [5.41, 5.74) is 76.8. The van der Waals surface area contributed by atoms with Crippen molar-refractivity contribution >= 4 is 116 Å². The van der Waals surface area contributed by atoms with Crippen LogP contribution in [0.4, 0.5) is 116 Å². The van der Waals surface area contributed by atoms with Crippen LogP contribution in [0.3, 0.4) is 0 Å². The van der Waals surface area contributed by atoms with Crippen LogP contribution in [0, 0.1) is 19.8 Å². The second-order valence-electron chi connectivity index (χ2n) is 30.5. The Kier molecular flexibility index (Phi) is 28.1. The van der Waals surface area contributed by atoms with Crippen LogP contribution in [0.25, 0.3) is 0 Å². The lowest BCUT2D eigenvalue weighted by atomic mass is 10.1. The first kappa shape index (κ1) is 83.8. The maximum atomic E-state index is 6.21. The summed E-state index contributed by atoms with van der Waals surface area (Å²) in [5, 5.41) is 0. The zero-order chi connectivity index (χ0) is 81.4. The Hall–Kier alpha value is -12.6. The van der Waals surface area contributed by atoms with Crippen LogP contribution >= 0.6 is 0 Å². The zero-order valence-electron chi connectivity index (χ0n) is 68.0. The highest BCUT2D eigenvalue weighted by molar-refractivity contribution is 5.74. The molecule has 0 radical (unpaired) electrons. The first-order valence-corrected chi connectivity index (χ1v) is 41.0. The van der Waals surface area contributed by atoms with Crippen molar-refractivity contribution in [2.75, 3.05) is 237 Å². The van der Waals surface area contributed by atoms with Crippen LogP contribution in [0.5, 0.6) is 0 Å². The molecule has 20 N–H and O–H groups in total. The summed E-state index contributed by atoms with van der Waals surface area (Å²) in [4.78, 5) is 70.7. The number of aromatic nitrogens is 11. The third kappa shape index (κ3) is 21.5. The van der Waals surface area contributed by atoms with Crippen LogP contribution in [0.1, 0.15) is 106 Å². The van der Waals surface area contributed by atoms with E-state index in [9.17, 15) is 0 Å². The summed E-state index contributed by atoms with van der Waals surface area (Å²) in [5.74, 6) is 6.08. The van der Waals surface area contributed by atoms with E-state index in [4.69, 9.17) is 57.3 Å². The van der Waals surface area contributed by atoms with Gasteiger partial charge >= 0.3 is 0 Å². The number of nitrogen functional groups attached to an aromatic ring is 10. The zero-order valence-corrected chi connectivity index (χ0v) is 68.0. The van der Waals surface area contributed by atoms with Gasteiger partial charge in [0, 0.05) is 166 Å². The largest absolute Gasteiger partial charge is 0.382 e. The monoisotopic (exact) mass is 1590 g/mol. The van der Waals surface area contributed by atoms with E-state index in [-0.39, 0.29) is 37.2 Å². The molecule has 0 amide bonds. The number of nitrogens with two attached hydrogens (primary N) is 10. The van der Waals surface area contributed by atoms with Crippen LogP contribution in [0.2, 0.25) is 0 Å². The molecule has 17 rings (SSSR count). The molecule has 0 atom stereocenters. The SMILES string of the molecule is C.CCCc1nc(N)nc(N)c1N1CCN(c2ccccc2)CC1.CCc1nc(N)nc(N)c1N1CCN(c2ccc(C)cc2)CC1.CCc1nc(N)nc(N)c1N1CCN(c2ccc(C)cn2)CC1.Nc1nc(N)c(N2CCN(c3ccccc3)CC2)c(C2CC2)n1.Nc1nc(N)c(N2CCN(c3ccccc3)CC2)c(CC2CC2)n1. The van der Waals surface area contributed by atoms with Gasteiger partial charge in [0.1, 0.15) is 34.3 Å². The quantitative estimate of drug-likeness (QED) is 0.0405. The van der Waals surface area contributed by atoms with Crippen LogP contribution in [-0.4, -0.2) is 186 Å². The van der Waals surface area contributed by atoms with Crippen LogP contribution in [0.15, 0.2) is 134 Å². The minimum absolute atomic E-state index is 0. The minimum Gasteiger partial charge on any atom is -0.382 e. The van der Waals surface area contributed by atoms with Crippen molar-refractivity contribution < 1.29 is 0 Å². The predicted molar refractivity (Wildman–Crippen MR) is 484 cm³/mol. The van der Waals surface area contributed by atoms with E-state index in [0.717, 1.165) is 232 Å². The van der Waals surface area contributed by atoms with E-state index in [1.54, 1.807) is 0 Å². The van der Waals surface area contributed by atoms with Crippen molar-refractivity contribution in [2.45, 2.75) is 106 Å². The molecule has 620 valence electrons. The molecule has 5 saturated heterocycles. The lowest BCUT2D eigenvalue weighted by Gasteiger charge is -2.38. The van der Waals surface area contributed by atoms with Gasteiger partial charge in [0.05, 0.1) is 28.5 Å². The molecule has 7 aliphatic rings. The highest BCUT2D eigenvalue weighted by Crippen LogP contribution is 2.46. The Morgan fingerprint density at radius 3 is 0.940 bits per heavy atom. The van der Waals surface area contributed by atoms with Gasteiger partial charge in [0.15, 0.2) is 29.1 Å². The number of nitrogens with zero attached hydrogens (tertiary/aromatic N) is 21. The third-order valence-corrected chi connectivity index (χ3v) is 22.2. The first-order chi connectivity index (χ1) is 56.3. The van der Waals surface area contributed by atoms with Crippen molar-refractivity contribution in [3.05, 3.63) is 173 Å². The highest BCUT2D eigenvalue weighted by Gasteiger charge is 2.34. The standard InChI is InChI=1S/C18H24N6.C17H22N6.2C17H24N6.C16H23N7.CH4/c19-17-16(15(12-13-6-7-13)21-18(20)22-17)24-10-8-23(9-11-24)14-4-2-1-3-5-14;18-16-15(14(12-6-7-12)20-17(19)21-16)23-10-8-22(9-11-23)13-4-2-1-3-5-13;1-3-14-15(16(18)21-17(19)20-14)23-10-8-22(9-11-23)13-6-4-12(2)5-7-13;1-2-6-14-15(16(18)21-17(19)20-14)23-11-9-22(10-12-23)13-7-4-3-5-8-13;1-3-12-14(15(17)21-16(18)20-12)23-8-6-22(7-9-23)13-5-4-11(2)10-19-13;/h1-5,13H,6-12H2,(H4,19,20,21,22);1-5,12H,6-11H2,(H4,18,19,20,21);4-7H,3,8-11H2,1-2H3,(H4,18,19,20,21);3-5,7-8H,2,6,9-12H2,1H3,(H4,18,19,20,21);4-5,10H,3,6-9H2,1-2H3,(H4,17,18,20,21);1H4. The van der Waals surface area contributed by atoms with Gasteiger partial charge in [-0.2, -0.15) is 24.9 Å². The summed E-state index contributed by atoms with van der Waals surface area (Å²) in [6.07, 6.45) is 11.2. The summed E-state index contributed by atoms with van der Waals surface area (Å²) >= 11 is 0. The fraction of sp³-hybridized carbons (Fsp3) is 0.430. The van der Waals surface area contributed by atoms with Gasteiger partial charge < -0.3 is 106 Å². The van der Waals surface area contributed by atoms with Crippen molar-refractivity contribution in [1.29, 1.82) is 0 Å². The number of hydrogen-bond donors (Lipinski definition) is 10. The molecule has 10 aromatic rings. The second kappa shape index (κ2) is 39.2. The Balaban J connectivity index is 0.000000134. The van der Waals surface area contributed by atoms with Gasteiger partial charge in [0.2, 0.25) is 29.7 Å². The van der Waals surface area contributed by atoms with Gasteiger partial charge in [-0.05, 0) is 131 Å². The van der Waals surface area contributed by atoms with Gasteiger partial charge in [-0.1, -0.05) is 113 Å². The van der Waals surface area contributed by atoms with Crippen molar-refractivity contribution in [1.82, 2.24) is 54.8 Å². The molecule has 0 bridgehead atoms. The maximum absolute atomic E-state index is 6.21. The first-order valence-electron chi connectivity index (χ1n) is 41.0. The third-order valence-electron chi connectivity index (χ3n) is 22.2. The van der Waals surface area contributed by atoms with E-state index < -0.39 is 0 Å². The minimum atomic E-state index is 0. The van der Waals surface area contributed by atoms with E-state index in [1.807, 2.05) is 25.3 Å². The van der Waals surface area contributed by atoms with Crippen molar-refractivity contribution in [3.63, 3.8) is 0 Å². The molecule has 0 unspecified atom stereocenters. The summed E-state index contributed by atoms with van der Waals surface area (Å²) in [6, 6.07) is 44.4. The number of pyridine rings is 1. The summed E-state index contributed by atoms with van der Waals surface area (Å²) in [7, 11) is 0. The summed E-state index contributed by atoms with van der Waals surface area (Å²) < 4.78 is 0. The number of para-hydroxylation sites is 3. The normalized spacial score (nSPS) is 16.1. The molecule has 11 heterocycles. The maximum Gasteiger partial charge on any atom is 0.222 e. The molecule has 0 spiro atoms. The lowest BCUT2D eigenvalue weighted by molar-refractivity contribution is 0.643. The van der Waals surface area contributed by atoms with Gasteiger partial charge in [-0.3, -0.25) is 0 Å².